The smallest absolute Gasteiger partial charge is 0.254 e. The van der Waals surface area contributed by atoms with E-state index in [2.05, 4.69) is 18.8 Å². The molecular weight excluding hydrogens is 238 g/mol. The Balaban J connectivity index is 2.14. The zero-order valence-electron chi connectivity index (χ0n) is 11.9. The fraction of sp³-hybridized carbons (Fsp3) is 0.600. The van der Waals surface area contributed by atoms with Gasteiger partial charge >= 0.3 is 0 Å². The van der Waals surface area contributed by atoms with Crippen molar-refractivity contribution in [1.29, 1.82) is 0 Å². The molecule has 2 N–H and O–H groups in total. The van der Waals surface area contributed by atoms with Crippen molar-refractivity contribution in [3.8, 4) is 0 Å². The third kappa shape index (κ3) is 3.25. The number of rotatable bonds is 4. The molecule has 0 saturated carbocycles. The highest BCUT2D eigenvalue weighted by molar-refractivity contribution is 5.95. The molecule has 1 aromatic rings. The molecule has 1 fully saturated rings. The van der Waals surface area contributed by atoms with Gasteiger partial charge in [-0.2, -0.15) is 0 Å². The number of hydrogen-bond acceptors (Lipinski definition) is 3. The Kier molecular flexibility index (Phi) is 4.40. The molecule has 1 saturated heterocycles. The van der Waals surface area contributed by atoms with E-state index in [-0.39, 0.29) is 5.91 Å². The first-order chi connectivity index (χ1) is 9.13. The summed E-state index contributed by atoms with van der Waals surface area (Å²) in [7, 11) is 0. The van der Waals surface area contributed by atoms with Crippen LogP contribution in [0.3, 0.4) is 0 Å². The molecule has 1 atom stereocenters. The molecular formula is C15H23N3O. The summed E-state index contributed by atoms with van der Waals surface area (Å²) in [5.41, 5.74) is 7.40. The monoisotopic (exact) mass is 261 g/mol. The van der Waals surface area contributed by atoms with Gasteiger partial charge in [0.2, 0.25) is 0 Å². The van der Waals surface area contributed by atoms with Crippen LogP contribution in [0.15, 0.2) is 12.1 Å². The average Bonchev–Trinajstić information content (AvgIpc) is 2.86. The van der Waals surface area contributed by atoms with Crippen LogP contribution < -0.4 is 5.73 Å². The second kappa shape index (κ2) is 6.04. The average molecular weight is 261 g/mol. The summed E-state index contributed by atoms with van der Waals surface area (Å²) >= 11 is 0. The van der Waals surface area contributed by atoms with Crippen molar-refractivity contribution < 1.29 is 4.79 Å². The quantitative estimate of drug-likeness (QED) is 0.906. The van der Waals surface area contributed by atoms with Crippen molar-refractivity contribution in [2.45, 2.75) is 39.5 Å². The number of aryl methyl sites for hydroxylation is 1. The second-order valence-corrected chi connectivity index (χ2v) is 5.34. The number of nitrogens with zero attached hydrogens (tertiary/aromatic N) is 2. The molecule has 1 aliphatic heterocycles. The Bertz CT molecular complexity index is 459. The highest BCUT2D eigenvalue weighted by Crippen LogP contribution is 2.22. The lowest BCUT2D eigenvalue weighted by Gasteiger charge is -2.17. The van der Waals surface area contributed by atoms with Crippen LogP contribution in [-0.2, 0) is 6.42 Å². The van der Waals surface area contributed by atoms with Gasteiger partial charge in [-0.15, -0.1) is 0 Å². The van der Waals surface area contributed by atoms with Gasteiger partial charge in [0.1, 0.15) is 5.82 Å². The lowest BCUT2D eigenvalue weighted by Crippen LogP contribution is -2.29. The molecule has 1 aliphatic rings. The van der Waals surface area contributed by atoms with E-state index in [0.717, 1.165) is 44.5 Å². The number of nitrogen functional groups attached to an aromatic ring is 1. The van der Waals surface area contributed by atoms with Crippen molar-refractivity contribution >= 4 is 11.7 Å². The summed E-state index contributed by atoms with van der Waals surface area (Å²) < 4.78 is 0. The second-order valence-electron chi connectivity index (χ2n) is 5.34. The van der Waals surface area contributed by atoms with Crippen molar-refractivity contribution in [2.75, 3.05) is 18.8 Å². The highest BCUT2D eigenvalue weighted by Gasteiger charge is 2.26. The van der Waals surface area contributed by atoms with E-state index in [9.17, 15) is 4.79 Å². The lowest BCUT2D eigenvalue weighted by molar-refractivity contribution is 0.0786. The van der Waals surface area contributed by atoms with Gasteiger partial charge in [-0.1, -0.05) is 26.7 Å². The van der Waals surface area contributed by atoms with Crippen LogP contribution in [0.5, 0.6) is 0 Å². The summed E-state index contributed by atoms with van der Waals surface area (Å²) in [6.07, 6.45) is 4.13. The van der Waals surface area contributed by atoms with Gasteiger partial charge in [0, 0.05) is 24.3 Å². The number of carbonyl (C=O) groups is 1. The van der Waals surface area contributed by atoms with Crippen LogP contribution in [0.1, 0.15) is 49.2 Å². The van der Waals surface area contributed by atoms with Crippen LogP contribution in [0.4, 0.5) is 5.82 Å². The third-order valence-corrected chi connectivity index (χ3v) is 3.80. The SMILES string of the molecule is CCCc1cc(C(=O)N2CCC(CC)C2)cc(N)n1. The fourth-order valence-electron chi connectivity index (χ4n) is 2.65. The molecule has 2 rings (SSSR count). The van der Waals surface area contributed by atoms with E-state index in [1.54, 1.807) is 6.07 Å². The number of carbonyl (C=O) groups excluding carboxylic acids is 1. The van der Waals surface area contributed by atoms with Crippen molar-refractivity contribution in [3.63, 3.8) is 0 Å². The summed E-state index contributed by atoms with van der Waals surface area (Å²) in [4.78, 5) is 18.7. The first-order valence-corrected chi connectivity index (χ1v) is 7.19. The molecule has 0 aliphatic carbocycles. The van der Waals surface area contributed by atoms with Crippen molar-refractivity contribution in [3.05, 3.63) is 23.4 Å². The normalized spacial score (nSPS) is 18.8. The predicted octanol–water partition coefficient (Wildman–Crippen LogP) is 2.49. The maximum absolute atomic E-state index is 12.5. The van der Waals surface area contributed by atoms with E-state index >= 15 is 0 Å². The Morgan fingerprint density at radius 2 is 2.26 bits per heavy atom. The topological polar surface area (TPSA) is 59.2 Å². The molecule has 1 amide bonds. The minimum Gasteiger partial charge on any atom is -0.384 e. The van der Waals surface area contributed by atoms with Crippen LogP contribution >= 0.6 is 0 Å². The van der Waals surface area contributed by atoms with Crippen LogP contribution in [0.2, 0.25) is 0 Å². The number of nitrogens with two attached hydrogens (primary N) is 1. The van der Waals surface area contributed by atoms with Gasteiger partial charge in [0.05, 0.1) is 0 Å². The van der Waals surface area contributed by atoms with Gasteiger partial charge in [-0.25, -0.2) is 4.98 Å². The summed E-state index contributed by atoms with van der Waals surface area (Å²) in [6.45, 7) is 6.02. The Labute approximate surface area is 115 Å². The zero-order valence-corrected chi connectivity index (χ0v) is 11.9. The van der Waals surface area contributed by atoms with Crippen molar-refractivity contribution in [1.82, 2.24) is 9.88 Å². The molecule has 0 aromatic carbocycles. The number of likely N-dealkylation sites (tertiary alicyclic amines) is 1. The molecule has 2 heterocycles. The number of hydrogen-bond donors (Lipinski definition) is 1. The maximum atomic E-state index is 12.5. The summed E-state index contributed by atoms with van der Waals surface area (Å²) in [5, 5.41) is 0. The molecule has 4 heteroatoms. The van der Waals surface area contributed by atoms with Crippen LogP contribution in [-0.4, -0.2) is 28.9 Å². The molecule has 104 valence electrons. The number of aromatic nitrogens is 1. The molecule has 19 heavy (non-hydrogen) atoms. The van der Waals surface area contributed by atoms with E-state index in [1.165, 1.54) is 0 Å². The number of pyridine rings is 1. The lowest BCUT2D eigenvalue weighted by atomic mass is 10.1. The van der Waals surface area contributed by atoms with Gasteiger partial charge < -0.3 is 10.6 Å². The summed E-state index contributed by atoms with van der Waals surface area (Å²) in [5.74, 6) is 1.20. The fourth-order valence-corrected chi connectivity index (χ4v) is 2.65. The predicted molar refractivity (Wildman–Crippen MR) is 76.9 cm³/mol. The van der Waals surface area contributed by atoms with Gasteiger partial charge in [-0.05, 0) is 30.9 Å². The van der Waals surface area contributed by atoms with Crippen LogP contribution in [0.25, 0.3) is 0 Å². The molecule has 0 radical (unpaired) electrons. The Morgan fingerprint density at radius 1 is 1.47 bits per heavy atom. The van der Waals surface area contributed by atoms with Gasteiger partial charge in [0.25, 0.3) is 5.91 Å². The zero-order chi connectivity index (χ0) is 13.8. The van der Waals surface area contributed by atoms with E-state index in [1.807, 2.05) is 11.0 Å². The first kappa shape index (κ1) is 13.8. The minimum atomic E-state index is 0.0994. The largest absolute Gasteiger partial charge is 0.384 e. The van der Waals surface area contributed by atoms with Crippen LogP contribution in [0, 0.1) is 5.92 Å². The molecule has 0 spiro atoms. The van der Waals surface area contributed by atoms with E-state index < -0.39 is 0 Å². The van der Waals surface area contributed by atoms with E-state index in [4.69, 9.17) is 5.73 Å². The summed E-state index contributed by atoms with van der Waals surface area (Å²) in [6, 6.07) is 3.59. The third-order valence-electron chi connectivity index (χ3n) is 3.80. The highest BCUT2D eigenvalue weighted by atomic mass is 16.2. The first-order valence-electron chi connectivity index (χ1n) is 7.19. The molecule has 1 unspecified atom stereocenters. The Hall–Kier alpha value is -1.58. The number of anilines is 1. The van der Waals surface area contributed by atoms with Gasteiger partial charge in [0.15, 0.2) is 0 Å². The number of amides is 1. The Morgan fingerprint density at radius 3 is 2.89 bits per heavy atom. The molecule has 4 nitrogen and oxygen atoms in total. The standard InChI is InChI=1S/C15H23N3O/c1-3-5-13-8-12(9-14(16)17-13)15(19)18-7-6-11(4-2)10-18/h8-9,11H,3-7,10H2,1-2H3,(H2,16,17). The maximum Gasteiger partial charge on any atom is 0.254 e. The molecule has 0 bridgehead atoms. The van der Waals surface area contributed by atoms with Crippen molar-refractivity contribution in [2.24, 2.45) is 5.92 Å². The van der Waals surface area contributed by atoms with Gasteiger partial charge in [-0.3, -0.25) is 4.79 Å². The molecule has 1 aromatic heterocycles. The minimum absolute atomic E-state index is 0.0994. The van der Waals surface area contributed by atoms with E-state index in [0.29, 0.717) is 17.3 Å².